The Labute approximate surface area is 379 Å². The minimum absolute atomic E-state index is 0.127. The zero-order valence-electron chi connectivity index (χ0n) is 39.6. The molecule has 1 rings (SSSR count). The third-order valence-corrected chi connectivity index (χ3v) is 11.4. The maximum absolute atomic E-state index is 12.8. The van der Waals surface area contributed by atoms with Gasteiger partial charge in [0.15, 0.2) is 6.29 Å². The van der Waals surface area contributed by atoms with Crippen LogP contribution in [0.15, 0.2) is 60.8 Å². The van der Waals surface area contributed by atoms with Crippen LogP contribution in [-0.4, -0.2) is 89.6 Å². The van der Waals surface area contributed by atoms with Crippen molar-refractivity contribution in [1.82, 2.24) is 0 Å². The van der Waals surface area contributed by atoms with Crippen LogP contribution >= 0.6 is 0 Å². The Morgan fingerprint density at radius 3 is 1.47 bits per heavy atom. The fourth-order valence-corrected chi connectivity index (χ4v) is 7.52. The lowest BCUT2D eigenvalue weighted by molar-refractivity contribution is -0.305. The molecule has 0 aromatic heterocycles. The maximum atomic E-state index is 12.8. The van der Waals surface area contributed by atoms with Crippen molar-refractivity contribution >= 4 is 5.97 Å². The first-order valence-electron chi connectivity index (χ1n) is 25.4. The van der Waals surface area contributed by atoms with Crippen molar-refractivity contribution in [1.29, 1.82) is 0 Å². The number of rotatable bonds is 43. The number of hydrogen-bond acceptors (Lipinski definition) is 9. The highest BCUT2D eigenvalue weighted by Crippen LogP contribution is 2.23. The van der Waals surface area contributed by atoms with Gasteiger partial charge in [-0.2, -0.15) is 0 Å². The van der Waals surface area contributed by atoms with E-state index in [0.717, 1.165) is 64.2 Å². The van der Waals surface area contributed by atoms with E-state index in [2.05, 4.69) is 74.6 Å². The number of hydrogen-bond donors (Lipinski definition) is 4. The Bertz CT molecular complexity index is 1130. The Kier molecular flexibility index (Phi) is 41.2. The molecule has 6 unspecified atom stereocenters. The molecule has 0 aromatic carbocycles. The SMILES string of the molecule is CC/C=C\C/C=C\C/C=C\C/C=C\C/C=C\CCCCCC(=O)OC(COCCCCCCCCCCCCCCCCCCCCCC)COC1OC(CO)C(O)C(O)C1O. The van der Waals surface area contributed by atoms with Crippen LogP contribution in [0.5, 0.6) is 0 Å². The van der Waals surface area contributed by atoms with Crippen LogP contribution in [0.3, 0.4) is 0 Å². The summed E-state index contributed by atoms with van der Waals surface area (Å²) in [4.78, 5) is 12.8. The summed E-state index contributed by atoms with van der Waals surface area (Å²) in [5.41, 5.74) is 0. The first kappa shape index (κ1) is 57.9. The molecule has 62 heavy (non-hydrogen) atoms. The molecule has 0 aliphatic carbocycles. The van der Waals surface area contributed by atoms with Gasteiger partial charge in [-0.1, -0.05) is 203 Å². The van der Waals surface area contributed by atoms with Crippen molar-refractivity contribution in [2.75, 3.05) is 26.4 Å². The van der Waals surface area contributed by atoms with Crippen LogP contribution in [0, 0.1) is 0 Å². The molecule has 9 nitrogen and oxygen atoms in total. The molecular formula is C53H94O9. The van der Waals surface area contributed by atoms with Gasteiger partial charge < -0.3 is 39.4 Å². The van der Waals surface area contributed by atoms with E-state index in [0.29, 0.717) is 13.0 Å². The molecule has 0 aromatic rings. The monoisotopic (exact) mass is 875 g/mol. The van der Waals surface area contributed by atoms with Gasteiger partial charge in [0.25, 0.3) is 0 Å². The van der Waals surface area contributed by atoms with E-state index in [1.165, 1.54) is 116 Å². The van der Waals surface area contributed by atoms with Gasteiger partial charge in [-0.05, 0) is 57.8 Å². The Hall–Kier alpha value is -2.11. The lowest BCUT2D eigenvalue weighted by Crippen LogP contribution is -2.59. The number of esters is 1. The molecule has 4 N–H and O–H groups in total. The van der Waals surface area contributed by atoms with Crippen molar-refractivity contribution in [3.8, 4) is 0 Å². The van der Waals surface area contributed by atoms with E-state index in [9.17, 15) is 25.2 Å². The number of aliphatic hydroxyl groups excluding tert-OH is 4. The van der Waals surface area contributed by atoms with Crippen molar-refractivity contribution in [3.05, 3.63) is 60.8 Å². The number of carbonyl (C=O) groups is 1. The topological polar surface area (TPSA) is 135 Å². The zero-order valence-corrected chi connectivity index (χ0v) is 39.6. The van der Waals surface area contributed by atoms with E-state index in [1.807, 2.05) is 0 Å². The fourth-order valence-electron chi connectivity index (χ4n) is 7.52. The molecule has 1 saturated heterocycles. The Morgan fingerprint density at radius 2 is 0.984 bits per heavy atom. The molecule has 1 aliphatic heterocycles. The summed E-state index contributed by atoms with van der Waals surface area (Å²) in [5, 5.41) is 40.2. The summed E-state index contributed by atoms with van der Waals surface area (Å²) >= 11 is 0. The highest BCUT2D eigenvalue weighted by Gasteiger charge is 2.44. The standard InChI is InChI=1S/C53H94O9/c1-3-5-7-9-11-13-15-17-19-21-23-25-27-29-31-33-35-37-39-41-43-59-45-47(46-60-53-52(58)51(57)50(56)48(44-54)62-53)61-49(55)42-40-38-36-34-32-30-28-26-24-22-20-18-16-14-12-10-8-6-4-2/h6,8,12,14,18,20,24,26,30,32,47-48,50-54,56-58H,3-5,7,9-11,13,15-17,19,21-23,25,27-29,31,33-46H2,1-2H3/b8-6-,14-12-,20-18-,26-24-,32-30-. The van der Waals surface area contributed by atoms with Crippen LogP contribution in [0.2, 0.25) is 0 Å². The highest BCUT2D eigenvalue weighted by molar-refractivity contribution is 5.69. The second kappa shape index (κ2) is 44.1. The molecular weight excluding hydrogens is 781 g/mol. The van der Waals surface area contributed by atoms with Crippen molar-refractivity contribution < 1.29 is 44.2 Å². The van der Waals surface area contributed by atoms with Crippen LogP contribution < -0.4 is 0 Å². The second-order valence-corrected chi connectivity index (χ2v) is 17.2. The number of allylic oxidation sites excluding steroid dienone is 10. The first-order valence-corrected chi connectivity index (χ1v) is 25.4. The minimum Gasteiger partial charge on any atom is -0.457 e. The largest absolute Gasteiger partial charge is 0.457 e. The molecule has 0 saturated carbocycles. The van der Waals surface area contributed by atoms with E-state index < -0.39 is 43.4 Å². The molecule has 6 atom stereocenters. The predicted molar refractivity (Wildman–Crippen MR) is 256 cm³/mol. The van der Waals surface area contributed by atoms with Crippen molar-refractivity contribution in [2.45, 2.75) is 243 Å². The lowest BCUT2D eigenvalue weighted by atomic mass is 9.99. The summed E-state index contributed by atoms with van der Waals surface area (Å²) in [6.45, 7) is 4.43. The Morgan fingerprint density at radius 1 is 0.532 bits per heavy atom. The quantitative estimate of drug-likeness (QED) is 0.0268. The van der Waals surface area contributed by atoms with Gasteiger partial charge in [0.2, 0.25) is 0 Å². The zero-order chi connectivity index (χ0) is 45.0. The third-order valence-electron chi connectivity index (χ3n) is 11.4. The second-order valence-electron chi connectivity index (χ2n) is 17.2. The van der Waals surface area contributed by atoms with Gasteiger partial charge in [0.1, 0.15) is 30.5 Å². The number of unbranched alkanes of at least 4 members (excludes halogenated alkanes) is 22. The van der Waals surface area contributed by atoms with E-state index in [-0.39, 0.29) is 25.6 Å². The van der Waals surface area contributed by atoms with Gasteiger partial charge in [-0.25, -0.2) is 0 Å². The average molecular weight is 875 g/mol. The Balaban J connectivity index is 2.24. The molecule has 1 fully saturated rings. The average Bonchev–Trinajstić information content (AvgIpc) is 3.27. The summed E-state index contributed by atoms with van der Waals surface area (Å²) in [7, 11) is 0. The van der Waals surface area contributed by atoms with Gasteiger partial charge in [0.05, 0.1) is 19.8 Å². The molecule has 0 amide bonds. The van der Waals surface area contributed by atoms with Gasteiger partial charge >= 0.3 is 5.97 Å². The molecule has 9 heteroatoms. The van der Waals surface area contributed by atoms with Crippen molar-refractivity contribution in [3.63, 3.8) is 0 Å². The van der Waals surface area contributed by atoms with Gasteiger partial charge in [-0.15, -0.1) is 0 Å². The molecule has 0 radical (unpaired) electrons. The summed E-state index contributed by atoms with van der Waals surface area (Å²) in [6.07, 6.45) is 49.7. The number of aliphatic hydroxyl groups is 4. The smallest absolute Gasteiger partial charge is 0.306 e. The molecule has 1 heterocycles. The van der Waals surface area contributed by atoms with Crippen LogP contribution in [0.25, 0.3) is 0 Å². The normalized spacial score (nSPS) is 20.3. The fraction of sp³-hybridized carbons (Fsp3) is 0.792. The first-order chi connectivity index (χ1) is 30.4. The molecule has 0 bridgehead atoms. The van der Waals surface area contributed by atoms with E-state index in [4.69, 9.17) is 18.9 Å². The lowest BCUT2D eigenvalue weighted by Gasteiger charge is -2.39. The van der Waals surface area contributed by atoms with Crippen LogP contribution in [0.4, 0.5) is 0 Å². The van der Waals surface area contributed by atoms with Crippen molar-refractivity contribution in [2.24, 2.45) is 0 Å². The molecule has 0 spiro atoms. The number of carbonyl (C=O) groups excluding carboxylic acids is 1. The minimum atomic E-state index is -1.54. The van der Waals surface area contributed by atoms with Crippen LogP contribution in [-0.2, 0) is 23.7 Å². The van der Waals surface area contributed by atoms with Gasteiger partial charge in [-0.3, -0.25) is 4.79 Å². The van der Waals surface area contributed by atoms with Crippen LogP contribution in [0.1, 0.15) is 206 Å². The van der Waals surface area contributed by atoms with E-state index in [1.54, 1.807) is 0 Å². The molecule has 1 aliphatic rings. The number of ether oxygens (including phenoxy) is 4. The van der Waals surface area contributed by atoms with Gasteiger partial charge in [0, 0.05) is 13.0 Å². The van der Waals surface area contributed by atoms with E-state index >= 15 is 0 Å². The summed E-state index contributed by atoms with van der Waals surface area (Å²) in [6, 6.07) is 0. The maximum Gasteiger partial charge on any atom is 0.306 e. The molecule has 360 valence electrons. The summed E-state index contributed by atoms with van der Waals surface area (Å²) in [5.74, 6) is -0.343. The summed E-state index contributed by atoms with van der Waals surface area (Å²) < 4.78 is 22.9. The predicted octanol–water partition coefficient (Wildman–Crippen LogP) is 12.3. The third kappa shape index (κ3) is 34.3. The highest BCUT2D eigenvalue weighted by atomic mass is 16.7.